The first kappa shape index (κ1) is 15.6. The Morgan fingerprint density at radius 3 is 2.57 bits per heavy atom. The van der Waals surface area contributed by atoms with Crippen LogP contribution >= 0.6 is 0 Å². The fourth-order valence-corrected chi connectivity index (χ4v) is 3.08. The Morgan fingerprint density at radius 1 is 1.22 bits per heavy atom. The molecule has 0 saturated carbocycles. The van der Waals surface area contributed by atoms with Gasteiger partial charge in [-0.05, 0) is 30.7 Å². The molecule has 3 atom stereocenters. The molecule has 2 aromatic carbocycles. The molecule has 0 bridgehead atoms. The second kappa shape index (κ2) is 6.42. The molecule has 0 aliphatic carbocycles. The fourth-order valence-electron chi connectivity index (χ4n) is 3.08. The molecule has 3 rings (SSSR count). The van der Waals surface area contributed by atoms with Gasteiger partial charge >= 0.3 is 5.97 Å². The van der Waals surface area contributed by atoms with E-state index in [0.717, 1.165) is 11.3 Å². The lowest BCUT2D eigenvalue weighted by Gasteiger charge is -2.24. The van der Waals surface area contributed by atoms with Gasteiger partial charge in [0.05, 0.1) is 5.56 Å². The second-order valence-electron chi connectivity index (χ2n) is 6.08. The van der Waals surface area contributed by atoms with E-state index in [-0.39, 0.29) is 12.1 Å². The van der Waals surface area contributed by atoms with E-state index in [4.69, 9.17) is 9.84 Å². The van der Waals surface area contributed by atoms with Crippen LogP contribution in [0.3, 0.4) is 0 Å². The van der Waals surface area contributed by atoms with Crippen LogP contribution in [0.1, 0.15) is 41.3 Å². The average molecular weight is 311 g/mol. The molecule has 23 heavy (non-hydrogen) atoms. The molecule has 120 valence electrons. The van der Waals surface area contributed by atoms with Crippen molar-refractivity contribution >= 4 is 5.97 Å². The molecule has 0 saturated heterocycles. The number of fused-ring (bicyclic) bond motifs is 1. The lowest BCUT2D eigenvalue weighted by molar-refractivity contribution is 0.0697. The zero-order valence-electron chi connectivity index (χ0n) is 13.3. The van der Waals surface area contributed by atoms with Crippen molar-refractivity contribution in [3.05, 3.63) is 65.2 Å². The van der Waals surface area contributed by atoms with Gasteiger partial charge in [-0.15, -0.1) is 0 Å². The number of carbonyl (C=O) groups is 1. The van der Waals surface area contributed by atoms with Gasteiger partial charge in [0.2, 0.25) is 0 Å². The van der Waals surface area contributed by atoms with Crippen LogP contribution in [0.25, 0.3) is 0 Å². The van der Waals surface area contributed by atoms with E-state index in [1.165, 1.54) is 5.56 Å². The zero-order chi connectivity index (χ0) is 16.4. The first-order chi connectivity index (χ1) is 11.1. The fraction of sp³-hybridized carbons (Fsp3) is 0.316. The molecule has 2 N–H and O–H groups in total. The molecular weight excluding hydrogens is 290 g/mol. The van der Waals surface area contributed by atoms with Crippen LogP contribution in [-0.2, 0) is 6.54 Å². The normalized spacial score (nSPS) is 20.6. The summed E-state index contributed by atoms with van der Waals surface area (Å²) in [5, 5.41) is 12.4. The lowest BCUT2D eigenvalue weighted by Crippen LogP contribution is -2.41. The Morgan fingerprint density at radius 2 is 1.91 bits per heavy atom. The molecule has 1 aliphatic heterocycles. The summed E-state index contributed by atoms with van der Waals surface area (Å²) in [5.41, 5.74) is 2.63. The Bertz CT molecular complexity index is 696. The summed E-state index contributed by atoms with van der Waals surface area (Å²) in [7, 11) is 0. The highest BCUT2D eigenvalue weighted by Crippen LogP contribution is 2.38. The number of benzene rings is 2. The molecule has 2 aromatic rings. The van der Waals surface area contributed by atoms with Crippen molar-refractivity contribution in [2.75, 3.05) is 0 Å². The number of hydrogen-bond donors (Lipinski definition) is 2. The van der Waals surface area contributed by atoms with Gasteiger partial charge in [0.1, 0.15) is 11.9 Å². The van der Waals surface area contributed by atoms with Gasteiger partial charge in [0, 0.05) is 24.1 Å². The van der Waals surface area contributed by atoms with E-state index in [9.17, 15) is 4.79 Å². The van der Waals surface area contributed by atoms with Crippen molar-refractivity contribution in [2.24, 2.45) is 0 Å². The Hall–Kier alpha value is -2.33. The predicted octanol–water partition coefficient (Wildman–Crippen LogP) is 3.43. The van der Waals surface area contributed by atoms with E-state index in [1.54, 1.807) is 12.1 Å². The van der Waals surface area contributed by atoms with E-state index < -0.39 is 5.97 Å². The zero-order valence-corrected chi connectivity index (χ0v) is 13.3. The topological polar surface area (TPSA) is 58.6 Å². The number of para-hydroxylation sites is 1. The number of rotatable bonds is 5. The van der Waals surface area contributed by atoms with Crippen LogP contribution in [0.2, 0.25) is 0 Å². The molecule has 4 nitrogen and oxygen atoms in total. The lowest BCUT2D eigenvalue weighted by atomic mass is 9.93. The second-order valence-corrected chi connectivity index (χ2v) is 6.08. The van der Waals surface area contributed by atoms with Gasteiger partial charge in [-0.25, -0.2) is 4.79 Å². The molecule has 1 heterocycles. The van der Waals surface area contributed by atoms with Crippen LogP contribution in [0.15, 0.2) is 48.5 Å². The largest absolute Gasteiger partial charge is 0.488 e. The first-order valence-electron chi connectivity index (χ1n) is 7.87. The number of carboxylic acids is 1. The van der Waals surface area contributed by atoms with Gasteiger partial charge < -0.3 is 15.2 Å². The maximum absolute atomic E-state index is 10.9. The summed E-state index contributed by atoms with van der Waals surface area (Å²) < 4.78 is 6.08. The Kier molecular flexibility index (Phi) is 4.35. The number of ether oxygens (including phenoxy) is 1. The summed E-state index contributed by atoms with van der Waals surface area (Å²) in [4.78, 5) is 10.9. The van der Waals surface area contributed by atoms with E-state index >= 15 is 0 Å². The van der Waals surface area contributed by atoms with Crippen molar-refractivity contribution < 1.29 is 14.6 Å². The number of nitrogens with one attached hydrogen (secondary N) is 1. The van der Waals surface area contributed by atoms with Crippen molar-refractivity contribution in [3.8, 4) is 5.75 Å². The smallest absolute Gasteiger partial charge is 0.335 e. The van der Waals surface area contributed by atoms with E-state index in [1.807, 2.05) is 30.3 Å². The molecule has 0 radical (unpaired) electrons. The summed E-state index contributed by atoms with van der Waals surface area (Å²) in [6, 6.07) is 15.3. The number of aromatic carboxylic acids is 1. The molecule has 0 fully saturated rings. The summed E-state index contributed by atoms with van der Waals surface area (Å²) in [6.07, 6.45) is 0.102. The summed E-state index contributed by atoms with van der Waals surface area (Å²) in [6.45, 7) is 5.00. The number of hydrogen-bond acceptors (Lipinski definition) is 3. The quantitative estimate of drug-likeness (QED) is 0.888. The van der Waals surface area contributed by atoms with E-state index in [0.29, 0.717) is 18.0 Å². The standard InChI is InChI=1S/C19H21NO3/c1-12-16-5-3-4-6-17(16)23-18(12)13(2)20-11-14-7-9-15(10-8-14)19(21)22/h3-10,12-13,18,20H,11H2,1-2H3,(H,21,22). The van der Waals surface area contributed by atoms with Crippen molar-refractivity contribution in [3.63, 3.8) is 0 Å². The van der Waals surface area contributed by atoms with Crippen molar-refractivity contribution in [2.45, 2.75) is 38.5 Å². The molecule has 0 spiro atoms. The third-order valence-electron chi connectivity index (χ3n) is 4.49. The molecule has 0 aromatic heterocycles. The molecular formula is C19H21NO3. The Balaban J connectivity index is 1.60. The minimum Gasteiger partial charge on any atom is -0.488 e. The molecule has 0 amide bonds. The highest BCUT2D eigenvalue weighted by atomic mass is 16.5. The minimum atomic E-state index is -0.899. The van der Waals surface area contributed by atoms with Crippen molar-refractivity contribution in [1.29, 1.82) is 0 Å². The molecule has 1 aliphatic rings. The van der Waals surface area contributed by atoms with Crippen LogP contribution in [0, 0.1) is 0 Å². The maximum Gasteiger partial charge on any atom is 0.335 e. The van der Waals surface area contributed by atoms with Gasteiger partial charge in [0.15, 0.2) is 0 Å². The van der Waals surface area contributed by atoms with E-state index in [2.05, 4.69) is 25.2 Å². The Labute approximate surface area is 136 Å². The van der Waals surface area contributed by atoms with Crippen LogP contribution in [0.5, 0.6) is 5.75 Å². The van der Waals surface area contributed by atoms with Crippen molar-refractivity contribution in [1.82, 2.24) is 5.32 Å². The average Bonchev–Trinajstić information content (AvgIpc) is 2.90. The van der Waals surface area contributed by atoms with Gasteiger partial charge in [-0.1, -0.05) is 37.3 Å². The number of carboxylic acid groups (broad SMARTS) is 1. The highest BCUT2D eigenvalue weighted by molar-refractivity contribution is 5.87. The van der Waals surface area contributed by atoms with Crippen LogP contribution < -0.4 is 10.1 Å². The first-order valence-corrected chi connectivity index (χ1v) is 7.87. The highest BCUT2D eigenvalue weighted by Gasteiger charge is 2.34. The van der Waals surface area contributed by atoms with Crippen LogP contribution in [-0.4, -0.2) is 23.2 Å². The van der Waals surface area contributed by atoms with Gasteiger partial charge in [0.25, 0.3) is 0 Å². The molecule has 3 unspecified atom stereocenters. The monoisotopic (exact) mass is 311 g/mol. The summed E-state index contributed by atoms with van der Waals surface area (Å²) >= 11 is 0. The van der Waals surface area contributed by atoms with Gasteiger partial charge in [-0.3, -0.25) is 0 Å². The minimum absolute atomic E-state index is 0.102. The van der Waals surface area contributed by atoms with Crippen LogP contribution in [0.4, 0.5) is 0 Å². The molecule has 4 heteroatoms. The third-order valence-corrected chi connectivity index (χ3v) is 4.49. The van der Waals surface area contributed by atoms with Gasteiger partial charge in [-0.2, -0.15) is 0 Å². The maximum atomic E-state index is 10.9. The predicted molar refractivity (Wildman–Crippen MR) is 89.0 cm³/mol. The SMILES string of the molecule is CC(NCc1ccc(C(=O)O)cc1)C1Oc2ccccc2C1C. The summed E-state index contributed by atoms with van der Waals surface area (Å²) in [5.74, 6) is 0.427. The third kappa shape index (κ3) is 3.22.